The largest absolute Gasteiger partial charge is 0.493 e. The molecule has 108 valence electrons. The highest BCUT2D eigenvalue weighted by molar-refractivity contribution is 14.1. The Labute approximate surface area is 130 Å². The van der Waals surface area contributed by atoms with Gasteiger partial charge in [-0.05, 0) is 59.7 Å². The summed E-state index contributed by atoms with van der Waals surface area (Å²) < 4.78 is 12.4. The van der Waals surface area contributed by atoms with Crippen molar-refractivity contribution in [2.24, 2.45) is 0 Å². The molecule has 0 radical (unpaired) electrons. The van der Waals surface area contributed by atoms with Crippen molar-refractivity contribution < 1.29 is 9.47 Å². The molecule has 0 aliphatic rings. The van der Waals surface area contributed by atoms with Crippen molar-refractivity contribution in [1.29, 1.82) is 0 Å². The lowest BCUT2D eigenvalue weighted by molar-refractivity contribution is 0.286. The number of hydrogen-bond acceptors (Lipinski definition) is 3. The SMILES string of the molecule is CCCCOc1c(I)cc(CNCCC)cc1OC. The van der Waals surface area contributed by atoms with Gasteiger partial charge in [0.05, 0.1) is 17.3 Å². The van der Waals surface area contributed by atoms with Crippen LogP contribution in [0.15, 0.2) is 12.1 Å². The maximum absolute atomic E-state index is 5.83. The van der Waals surface area contributed by atoms with Crippen molar-refractivity contribution in [2.75, 3.05) is 20.3 Å². The zero-order valence-corrected chi connectivity index (χ0v) is 14.2. The fraction of sp³-hybridized carbons (Fsp3) is 0.600. The lowest BCUT2D eigenvalue weighted by Crippen LogP contribution is -2.14. The molecular weight excluding hydrogens is 353 g/mol. The molecule has 1 aromatic rings. The maximum Gasteiger partial charge on any atom is 0.174 e. The van der Waals surface area contributed by atoms with E-state index in [1.807, 2.05) is 0 Å². The standard InChI is InChI=1S/C15H24INO2/c1-4-6-8-19-15-13(16)9-12(10-14(15)18-3)11-17-7-5-2/h9-10,17H,4-8,11H2,1-3H3. The Bertz CT molecular complexity index is 383. The molecular formula is C15H24INO2. The molecule has 0 aliphatic heterocycles. The molecule has 0 unspecified atom stereocenters. The van der Waals surface area contributed by atoms with Crippen LogP contribution in [-0.2, 0) is 6.54 Å². The van der Waals surface area contributed by atoms with Gasteiger partial charge in [0.25, 0.3) is 0 Å². The van der Waals surface area contributed by atoms with Gasteiger partial charge in [-0.2, -0.15) is 0 Å². The van der Waals surface area contributed by atoms with Crippen molar-refractivity contribution in [2.45, 2.75) is 39.7 Å². The van der Waals surface area contributed by atoms with Crippen molar-refractivity contribution >= 4 is 22.6 Å². The molecule has 0 amide bonds. The van der Waals surface area contributed by atoms with Gasteiger partial charge < -0.3 is 14.8 Å². The number of nitrogens with one attached hydrogen (secondary N) is 1. The minimum atomic E-state index is 0.746. The van der Waals surface area contributed by atoms with Gasteiger partial charge in [0.1, 0.15) is 0 Å². The van der Waals surface area contributed by atoms with E-state index in [-0.39, 0.29) is 0 Å². The third-order valence-corrected chi connectivity index (χ3v) is 3.59. The van der Waals surface area contributed by atoms with E-state index in [1.54, 1.807) is 7.11 Å². The number of halogens is 1. The summed E-state index contributed by atoms with van der Waals surface area (Å²) in [6.45, 7) is 6.98. The highest BCUT2D eigenvalue weighted by atomic mass is 127. The highest BCUT2D eigenvalue weighted by Crippen LogP contribution is 2.34. The monoisotopic (exact) mass is 377 g/mol. The number of hydrogen-bond donors (Lipinski definition) is 1. The minimum Gasteiger partial charge on any atom is -0.493 e. The van der Waals surface area contributed by atoms with Crippen molar-refractivity contribution in [3.05, 3.63) is 21.3 Å². The van der Waals surface area contributed by atoms with Gasteiger partial charge in [-0.25, -0.2) is 0 Å². The summed E-state index contributed by atoms with van der Waals surface area (Å²) in [6.07, 6.45) is 3.35. The first-order chi connectivity index (χ1) is 9.22. The van der Waals surface area contributed by atoms with Gasteiger partial charge in [0.15, 0.2) is 11.5 Å². The smallest absolute Gasteiger partial charge is 0.174 e. The van der Waals surface area contributed by atoms with Crippen LogP contribution in [0.5, 0.6) is 11.5 Å². The van der Waals surface area contributed by atoms with Gasteiger partial charge in [0.2, 0.25) is 0 Å². The van der Waals surface area contributed by atoms with Crippen LogP contribution in [0.2, 0.25) is 0 Å². The first-order valence-corrected chi connectivity index (χ1v) is 8.00. The molecule has 0 spiro atoms. The Hall–Kier alpha value is -0.490. The summed E-state index contributed by atoms with van der Waals surface area (Å²) in [5.41, 5.74) is 1.23. The first kappa shape index (κ1) is 16.6. The normalized spacial score (nSPS) is 10.5. The third kappa shape index (κ3) is 5.57. The topological polar surface area (TPSA) is 30.5 Å². The maximum atomic E-state index is 5.83. The van der Waals surface area contributed by atoms with Crippen LogP contribution in [0.1, 0.15) is 38.7 Å². The van der Waals surface area contributed by atoms with Crippen LogP contribution >= 0.6 is 22.6 Å². The van der Waals surface area contributed by atoms with Crippen molar-refractivity contribution in [3.8, 4) is 11.5 Å². The predicted molar refractivity (Wildman–Crippen MR) is 88.1 cm³/mol. The molecule has 0 saturated heterocycles. The molecule has 1 rings (SSSR count). The zero-order chi connectivity index (χ0) is 14.1. The number of benzene rings is 1. The van der Waals surface area contributed by atoms with E-state index in [0.717, 1.165) is 54.0 Å². The summed E-state index contributed by atoms with van der Waals surface area (Å²) in [5.74, 6) is 1.70. The Morgan fingerprint density at radius 2 is 2.00 bits per heavy atom. The van der Waals surface area contributed by atoms with E-state index in [4.69, 9.17) is 9.47 Å². The van der Waals surface area contributed by atoms with Gasteiger partial charge in [-0.15, -0.1) is 0 Å². The predicted octanol–water partition coefficient (Wildman–Crippen LogP) is 3.98. The van der Waals surface area contributed by atoms with E-state index < -0.39 is 0 Å². The molecule has 0 aliphatic carbocycles. The van der Waals surface area contributed by atoms with Crippen LogP contribution in [-0.4, -0.2) is 20.3 Å². The Morgan fingerprint density at radius 1 is 1.21 bits per heavy atom. The lowest BCUT2D eigenvalue weighted by Gasteiger charge is -2.14. The van der Waals surface area contributed by atoms with E-state index in [9.17, 15) is 0 Å². The first-order valence-electron chi connectivity index (χ1n) is 6.92. The third-order valence-electron chi connectivity index (χ3n) is 2.79. The molecule has 1 N–H and O–H groups in total. The average molecular weight is 377 g/mol. The highest BCUT2D eigenvalue weighted by Gasteiger charge is 2.11. The quantitative estimate of drug-likeness (QED) is 0.522. The molecule has 19 heavy (non-hydrogen) atoms. The summed E-state index contributed by atoms with van der Waals surface area (Å²) >= 11 is 2.32. The summed E-state index contributed by atoms with van der Waals surface area (Å²) in [4.78, 5) is 0. The van der Waals surface area contributed by atoms with Gasteiger partial charge in [-0.1, -0.05) is 20.3 Å². The molecule has 0 fully saturated rings. The van der Waals surface area contributed by atoms with Crippen molar-refractivity contribution in [3.63, 3.8) is 0 Å². The van der Waals surface area contributed by atoms with Crippen LogP contribution in [0.25, 0.3) is 0 Å². The average Bonchev–Trinajstić information content (AvgIpc) is 2.41. The molecule has 4 heteroatoms. The second-order valence-corrected chi connectivity index (χ2v) is 5.65. The van der Waals surface area contributed by atoms with Crippen LogP contribution in [0, 0.1) is 3.57 Å². The van der Waals surface area contributed by atoms with Gasteiger partial charge in [0, 0.05) is 6.54 Å². The van der Waals surface area contributed by atoms with Crippen LogP contribution < -0.4 is 14.8 Å². The Kier molecular flexibility index (Phi) is 8.21. The van der Waals surface area contributed by atoms with E-state index in [2.05, 4.69) is 53.9 Å². The second kappa shape index (κ2) is 9.42. The van der Waals surface area contributed by atoms with Crippen molar-refractivity contribution in [1.82, 2.24) is 5.32 Å². The summed E-state index contributed by atoms with van der Waals surface area (Å²) in [6, 6.07) is 4.22. The number of rotatable bonds is 9. The summed E-state index contributed by atoms with van der Waals surface area (Å²) in [7, 11) is 1.70. The minimum absolute atomic E-state index is 0.746. The van der Waals surface area contributed by atoms with E-state index in [1.165, 1.54) is 5.56 Å². The Morgan fingerprint density at radius 3 is 2.63 bits per heavy atom. The zero-order valence-electron chi connectivity index (χ0n) is 12.1. The van der Waals surface area contributed by atoms with Gasteiger partial charge >= 0.3 is 0 Å². The van der Waals surface area contributed by atoms with E-state index in [0.29, 0.717) is 0 Å². The van der Waals surface area contributed by atoms with Gasteiger partial charge in [-0.3, -0.25) is 0 Å². The molecule has 1 aromatic carbocycles. The van der Waals surface area contributed by atoms with Crippen LogP contribution in [0.4, 0.5) is 0 Å². The lowest BCUT2D eigenvalue weighted by atomic mass is 10.2. The number of unbranched alkanes of at least 4 members (excludes halogenated alkanes) is 1. The fourth-order valence-electron chi connectivity index (χ4n) is 1.74. The molecule has 0 heterocycles. The van der Waals surface area contributed by atoms with Crippen LogP contribution in [0.3, 0.4) is 0 Å². The molecule has 3 nitrogen and oxygen atoms in total. The molecule has 0 aromatic heterocycles. The Balaban J connectivity index is 2.76. The number of ether oxygens (including phenoxy) is 2. The molecule has 0 atom stereocenters. The van der Waals surface area contributed by atoms with E-state index >= 15 is 0 Å². The number of methoxy groups -OCH3 is 1. The summed E-state index contributed by atoms with van der Waals surface area (Å²) in [5, 5.41) is 3.40. The molecule has 0 saturated carbocycles. The molecule has 0 bridgehead atoms. The fourth-order valence-corrected chi connectivity index (χ4v) is 2.56. The second-order valence-electron chi connectivity index (χ2n) is 4.49.